The number of hydrogen-bond donors (Lipinski definition) is 0. The van der Waals surface area contributed by atoms with E-state index >= 15 is 0 Å². The van der Waals surface area contributed by atoms with Crippen LogP contribution in [0, 0.1) is 11.3 Å². The van der Waals surface area contributed by atoms with Crippen LogP contribution in [-0.4, -0.2) is 28.9 Å². The van der Waals surface area contributed by atoms with Crippen molar-refractivity contribution >= 4 is 17.2 Å². The summed E-state index contributed by atoms with van der Waals surface area (Å²) in [5.41, 5.74) is 2.34. The number of thiazole rings is 1. The second-order valence-electron chi connectivity index (χ2n) is 4.76. The summed E-state index contributed by atoms with van der Waals surface area (Å²) in [4.78, 5) is 18.7. The maximum absolute atomic E-state index is 12.2. The summed E-state index contributed by atoms with van der Waals surface area (Å²) in [5, 5.41) is 8.69. The number of nitriles is 1. The zero-order chi connectivity index (χ0) is 13.1. The molecule has 0 aliphatic heterocycles. The van der Waals surface area contributed by atoms with Gasteiger partial charge in [0.05, 0.1) is 17.3 Å². The molecule has 1 rings (SSSR count). The van der Waals surface area contributed by atoms with Crippen molar-refractivity contribution in [1.29, 1.82) is 5.26 Å². The number of carbonyl (C=O) groups excluding carboxylic acids is 1. The first-order valence-corrected chi connectivity index (χ1v) is 6.40. The molecule has 0 bridgehead atoms. The van der Waals surface area contributed by atoms with Crippen LogP contribution in [0.5, 0.6) is 0 Å². The molecule has 0 aliphatic carbocycles. The van der Waals surface area contributed by atoms with Gasteiger partial charge in [-0.05, 0) is 6.92 Å². The minimum absolute atomic E-state index is 0.0959. The van der Waals surface area contributed by atoms with E-state index in [1.165, 1.54) is 16.2 Å². The lowest BCUT2D eigenvalue weighted by molar-refractivity contribution is 0.0786. The van der Waals surface area contributed by atoms with Gasteiger partial charge < -0.3 is 4.90 Å². The zero-order valence-corrected chi connectivity index (χ0v) is 11.5. The summed E-state index contributed by atoms with van der Waals surface area (Å²) in [6.45, 7) is 8.61. The fourth-order valence-electron chi connectivity index (χ4n) is 1.49. The van der Waals surface area contributed by atoms with Gasteiger partial charge in [0, 0.05) is 12.0 Å². The van der Waals surface area contributed by atoms with Gasteiger partial charge in [-0.25, -0.2) is 4.98 Å². The van der Waals surface area contributed by atoms with E-state index in [-0.39, 0.29) is 17.9 Å². The van der Waals surface area contributed by atoms with Crippen LogP contribution in [-0.2, 0) is 5.41 Å². The van der Waals surface area contributed by atoms with Gasteiger partial charge in [-0.1, -0.05) is 20.8 Å². The Balaban J connectivity index is 3.05. The molecule has 1 aromatic heterocycles. The predicted octanol–water partition coefficient (Wildman–Crippen LogP) is 2.43. The van der Waals surface area contributed by atoms with E-state index in [1.807, 2.05) is 33.8 Å². The minimum atomic E-state index is -0.156. The zero-order valence-electron chi connectivity index (χ0n) is 10.6. The molecule has 0 aliphatic rings. The smallest absolute Gasteiger partial charge is 0.266 e. The maximum atomic E-state index is 12.2. The standard InChI is InChI=1S/C12H17N3OS/c1-5-15(7-6-13)11(16)9-10(12(2,3)4)14-8-17-9/h8H,5,7H2,1-4H3. The molecule has 17 heavy (non-hydrogen) atoms. The van der Waals surface area contributed by atoms with Crippen molar-refractivity contribution in [2.24, 2.45) is 0 Å². The lowest BCUT2D eigenvalue weighted by atomic mass is 9.91. The highest BCUT2D eigenvalue weighted by atomic mass is 32.1. The molecular weight excluding hydrogens is 234 g/mol. The molecule has 0 unspecified atom stereocenters. The molecular formula is C12H17N3OS. The molecule has 0 aromatic carbocycles. The molecule has 0 saturated heterocycles. The molecule has 92 valence electrons. The van der Waals surface area contributed by atoms with Gasteiger partial charge in [-0.3, -0.25) is 4.79 Å². The van der Waals surface area contributed by atoms with Crippen molar-refractivity contribution in [3.63, 3.8) is 0 Å². The molecule has 0 N–H and O–H groups in total. The van der Waals surface area contributed by atoms with Crippen molar-refractivity contribution in [2.75, 3.05) is 13.1 Å². The minimum Gasteiger partial charge on any atom is -0.325 e. The fourth-order valence-corrected chi connectivity index (χ4v) is 2.45. The Kier molecular flexibility index (Phi) is 4.24. The molecule has 0 spiro atoms. The van der Waals surface area contributed by atoms with Crippen LogP contribution in [0.1, 0.15) is 43.1 Å². The average Bonchev–Trinajstić information content (AvgIpc) is 2.73. The normalized spacial score (nSPS) is 11.0. The van der Waals surface area contributed by atoms with E-state index in [0.29, 0.717) is 11.4 Å². The van der Waals surface area contributed by atoms with Crippen molar-refractivity contribution in [3.05, 3.63) is 16.1 Å². The Morgan fingerprint density at radius 2 is 2.24 bits per heavy atom. The molecule has 1 heterocycles. The third-order valence-corrected chi connectivity index (χ3v) is 3.22. The van der Waals surface area contributed by atoms with Gasteiger partial charge in [0.25, 0.3) is 5.91 Å². The highest BCUT2D eigenvalue weighted by Gasteiger charge is 2.27. The van der Waals surface area contributed by atoms with E-state index in [4.69, 9.17) is 5.26 Å². The number of aromatic nitrogens is 1. The number of carbonyl (C=O) groups is 1. The second kappa shape index (κ2) is 5.28. The summed E-state index contributed by atoms with van der Waals surface area (Å²) >= 11 is 1.34. The third-order valence-electron chi connectivity index (χ3n) is 2.40. The molecule has 1 aromatic rings. The number of nitrogens with zero attached hydrogens (tertiary/aromatic N) is 3. The van der Waals surface area contributed by atoms with E-state index in [2.05, 4.69) is 4.98 Å². The van der Waals surface area contributed by atoms with Crippen LogP contribution < -0.4 is 0 Å². The molecule has 0 atom stereocenters. The van der Waals surface area contributed by atoms with Gasteiger partial charge in [-0.15, -0.1) is 11.3 Å². The van der Waals surface area contributed by atoms with Crippen molar-refractivity contribution in [1.82, 2.24) is 9.88 Å². The largest absolute Gasteiger partial charge is 0.325 e. The summed E-state index contributed by atoms with van der Waals surface area (Å²) in [7, 11) is 0. The molecule has 0 radical (unpaired) electrons. The van der Waals surface area contributed by atoms with E-state index in [9.17, 15) is 4.79 Å². The van der Waals surface area contributed by atoms with Gasteiger partial charge >= 0.3 is 0 Å². The van der Waals surface area contributed by atoms with E-state index in [0.717, 1.165) is 5.69 Å². The van der Waals surface area contributed by atoms with E-state index < -0.39 is 0 Å². The molecule has 5 heteroatoms. The average molecular weight is 251 g/mol. The van der Waals surface area contributed by atoms with Crippen LogP contribution in [0.25, 0.3) is 0 Å². The van der Waals surface area contributed by atoms with E-state index in [1.54, 1.807) is 5.51 Å². The topological polar surface area (TPSA) is 57.0 Å². The van der Waals surface area contributed by atoms with Crippen LogP contribution >= 0.6 is 11.3 Å². The first-order chi connectivity index (χ1) is 7.91. The quantitative estimate of drug-likeness (QED) is 0.775. The van der Waals surface area contributed by atoms with Crippen LogP contribution in [0.3, 0.4) is 0 Å². The highest BCUT2D eigenvalue weighted by Crippen LogP contribution is 2.28. The van der Waals surface area contributed by atoms with Gasteiger partial charge in [0.2, 0.25) is 0 Å². The number of rotatable bonds is 3. The molecule has 1 amide bonds. The number of hydrogen-bond acceptors (Lipinski definition) is 4. The molecule has 0 fully saturated rings. The van der Waals surface area contributed by atoms with Crippen molar-refractivity contribution < 1.29 is 4.79 Å². The Morgan fingerprint density at radius 3 is 2.71 bits per heavy atom. The van der Waals surface area contributed by atoms with Gasteiger partial charge in [-0.2, -0.15) is 5.26 Å². The van der Waals surface area contributed by atoms with Crippen LogP contribution in [0.15, 0.2) is 5.51 Å². The van der Waals surface area contributed by atoms with Gasteiger partial charge in [0.15, 0.2) is 0 Å². The Bertz CT molecular complexity index is 439. The molecule has 0 saturated carbocycles. The molecule has 4 nitrogen and oxygen atoms in total. The van der Waals surface area contributed by atoms with Crippen molar-refractivity contribution in [3.8, 4) is 6.07 Å². The summed E-state index contributed by atoms with van der Waals surface area (Å²) in [6, 6.07) is 2.01. The van der Waals surface area contributed by atoms with Gasteiger partial charge in [0.1, 0.15) is 11.4 Å². The maximum Gasteiger partial charge on any atom is 0.266 e. The Hall–Kier alpha value is -1.41. The van der Waals surface area contributed by atoms with Crippen LogP contribution in [0.2, 0.25) is 0 Å². The fraction of sp³-hybridized carbons (Fsp3) is 0.583. The summed E-state index contributed by atoms with van der Waals surface area (Å²) < 4.78 is 0. The Morgan fingerprint density at radius 1 is 1.59 bits per heavy atom. The lowest BCUT2D eigenvalue weighted by Gasteiger charge is -2.21. The highest BCUT2D eigenvalue weighted by molar-refractivity contribution is 7.11. The second-order valence-corrected chi connectivity index (χ2v) is 5.61. The first-order valence-electron chi connectivity index (χ1n) is 5.52. The first kappa shape index (κ1) is 13.7. The van der Waals surface area contributed by atoms with Crippen LogP contribution in [0.4, 0.5) is 0 Å². The summed E-state index contributed by atoms with van der Waals surface area (Å²) in [6.07, 6.45) is 0. The lowest BCUT2D eigenvalue weighted by Crippen LogP contribution is -2.32. The Labute approximate surface area is 106 Å². The summed E-state index contributed by atoms with van der Waals surface area (Å²) in [5.74, 6) is -0.0959. The SMILES string of the molecule is CCN(CC#N)C(=O)c1scnc1C(C)(C)C. The predicted molar refractivity (Wildman–Crippen MR) is 68.0 cm³/mol. The van der Waals surface area contributed by atoms with Crippen molar-refractivity contribution in [2.45, 2.75) is 33.1 Å². The number of amides is 1. The third kappa shape index (κ3) is 3.04. The monoisotopic (exact) mass is 251 g/mol.